The molecule has 1 fully saturated rings. The van der Waals surface area contributed by atoms with E-state index in [0.717, 1.165) is 19.4 Å². The molecule has 0 radical (unpaired) electrons. The molecule has 2 heterocycles. The lowest BCUT2D eigenvalue weighted by atomic mass is 10.2. The number of methoxy groups -OCH3 is 2. The molecule has 1 atom stereocenters. The van der Waals surface area contributed by atoms with E-state index in [0.29, 0.717) is 29.3 Å². The Balaban J connectivity index is 1.69. The van der Waals surface area contributed by atoms with Crippen LogP contribution in [-0.4, -0.2) is 50.3 Å². The highest BCUT2D eigenvalue weighted by molar-refractivity contribution is 6.05. The standard InChI is InChI=1S/C20H23N3O5/c1-26-14-5-6-18(27-2)16(11-14)23-20(25)17-10-13(7-8-21-17)19(24)22-12-15-4-3-9-28-15/h5-8,10-11,15H,3-4,9,12H2,1-2H3,(H,22,24)(H,23,25). The van der Waals surface area contributed by atoms with Gasteiger partial charge in [-0.25, -0.2) is 0 Å². The third-order valence-corrected chi connectivity index (χ3v) is 4.42. The molecule has 2 amide bonds. The monoisotopic (exact) mass is 385 g/mol. The highest BCUT2D eigenvalue weighted by Crippen LogP contribution is 2.29. The molecule has 0 aliphatic carbocycles. The lowest BCUT2D eigenvalue weighted by Gasteiger charge is -2.12. The van der Waals surface area contributed by atoms with E-state index in [1.165, 1.54) is 26.5 Å². The summed E-state index contributed by atoms with van der Waals surface area (Å²) in [4.78, 5) is 29.0. The number of carbonyl (C=O) groups is 2. The third kappa shape index (κ3) is 4.77. The lowest BCUT2D eigenvalue weighted by molar-refractivity contribution is 0.0857. The largest absolute Gasteiger partial charge is 0.497 e. The molecular formula is C20H23N3O5. The molecule has 0 bridgehead atoms. The van der Waals surface area contributed by atoms with Crippen LogP contribution in [0.3, 0.4) is 0 Å². The van der Waals surface area contributed by atoms with Crippen molar-refractivity contribution in [1.82, 2.24) is 10.3 Å². The first kappa shape index (κ1) is 19.6. The van der Waals surface area contributed by atoms with Gasteiger partial charge < -0.3 is 24.8 Å². The second-order valence-electron chi connectivity index (χ2n) is 6.30. The Morgan fingerprint density at radius 2 is 2.04 bits per heavy atom. The molecule has 3 rings (SSSR count). The van der Waals surface area contributed by atoms with Crippen LogP contribution in [0.2, 0.25) is 0 Å². The first-order chi connectivity index (χ1) is 13.6. The van der Waals surface area contributed by atoms with E-state index >= 15 is 0 Å². The van der Waals surface area contributed by atoms with Gasteiger partial charge in [0.15, 0.2) is 0 Å². The Labute approximate surface area is 163 Å². The van der Waals surface area contributed by atoms with E-state index in [-0.39, 0.29) is 17.7 Å². The number of benzene rings is 1. The molecule has 8 nitrogen and oxygen atoms in total. The van der Waals surface area contributed by atoms with Crippen LogP contribution in [0.1, 0.15) is 33.7 Å². The summed E-state index contributed by atoms with van der Waals surface area (Å²) in [6.45, 7) is 1.18. The Bertz CT molecular complexity index is 849. The third-order valence-electron chi connectivity index (χ3n) is 4.42. The number of nitrogens with zero attached hydrogens (tertiary/aromatic N) is 1. The van der Waals surface area contributed by atoms with E-state index in [1.54, 1.807) is 24.3 Å². The molecule has 8 heteroatoms. The zero-order chi connectivity index (χ0) is 19.9. The minimum Gasteiger partial charge on any atom is -0.497 e. The number of pyridine rings is 1. The second-order valence-corrected chi connectivity index (χ2v) is 6.30. The summed E-state index contributed by atoms with van der Waals surface area (Å²) in [5, 5.41) is 5.57. The van der Waals surface area contributed by atoms with Gasteiger partial charge in [0.25, 0.3) is 11.8 Å². The smallest absolute Gasteiger partial charge is 0.274 e. The molecule has 2 N–H and O–H groups in total. The van der Waals surface area contributed by atoms with Crippen molar-refractivity contribution in [1.29, 1.82) is 0 Å². The molecular weight excluding hydrogens is 362 g/mol. The Kier molecular flexibility index (Phi) is 6.44. The number of anilines is 1. The number of carbonyl (C=O) groups excluding carboxylic acids is 2. The van der Waals surface area contributed by atoms with Crippen LogP contribution < -0.4 is 20.1 Å². The molecule has 148 valence electrons. The zero-order valence-corrected chi connectivity index (χ0v) is 15.9. The van der Waals surface area contributed by atoms with Crippen molar-refractivity contribution in [2.45, 2.75) is 18.9 Å². The predicted octanol–water partition coefficient (Wildman–Crippen LogP) is 2.26. The van der Waals surface area contributed by atoms with Gasteiger partial charge in [-0.1, -0.05) is 0 Å². The SMILES string of the molecule is COc1ccc(OC)c(NC(=O)c2cc(C(=O)NCC3CCCO3)ccn2)c1. The van der Waals surface area contributed by atoms with Gasteiger partial charge in [0, 0.05) is 31.0 Å². The number of hydrogen-bond donors (Lipinski definition) is 2. The molecule has 1 aliphatic heterocycles. The van der Waals surface area contributed by atoms with Gasteiger partial charge in [0.1, 0.15) is 17.2 Å². The van der Waals surface area contributed by atoms with Gasteiger partial charge in [0.05, 0.1) is 26.0 Å². The van der Waals surface area contributed by atoms with Crippen molar-refractivity contribution in [3.63, 3.8) is 0 Å². The fraction of sp³-hybridized carbons (Fsp3) is 0.350. The minimum atomic E-state index is -0.458. The quantitative estimate of drug-likeness (QED) is 0.759. The average molecular weight is 385 g/mol. The Hall–Kier alpha value is -3.13. The number of aromatic nitrogens is 1. The summed E-state index contributed by atoms with van der Waals surface area (Å²) in [6, 6.07) is 8.08. The van der Waals surface area contributed by atoms with Crippen LogP contribution in [0.25, 0.3) is 0 Å². The Morgan fingerprint density at radius 1 is 1.18 bits per heavy atom. The first-order valence-electron chi connectivity index (χ1n) is 9.00. The van der Waals surface area contributed by atoms with Crippen LogP contribution in [0.15, 0.2) is 36.5 Å². The number of amides is 2. The maximum Gasteiger partial charge on any atom is 0.274 e. The Morgan fingerprint density at radius 3 is 2.75 bits per heavy atom. The van der Waals surface area contributed by atoms with Crippen LogP contribution in [0.5, 0.6) is 11.5 Å². The molecule has 1 unspecified atom stereocenters. The first-order valence-corrected chi connectivity index (χ1v) is 9.00. The van der Waals surface area contributed by atoms with E-state index in [1.807, 2.05) is 0 Å². The molecule has 0 saturated carbocycles. The van der Waals surface area contributed by atoms with Crippen molar-refractivity contribution in [3.8, 4) is 11.5 Å². The summed E-state index contributed by atoms with van der Waals surface area (Å²) < 4.78 is 15.9. The topological polar surface area (TPSA) is 98.8 Å². The molecule has 1 saturated heterocycles. The molecule has 28 heavy (non-hydrogen) atoms. The molecule has 0 spiro atoms. The van der Waals surface area contributed by atoms with E-state index in [9.17, 15) is 9.59 Å². The summed E-state index contributed by atoms with van der Waals surface area (Å²) in [5.74, 6) is 0.331. The van der Waals surface area contributed by atoms with Crippen molar-refractivity contribution in [2.75, 3.05) is 32.7 Å². The average Bonchev–Trinajstić information content (AvgIpc) is 3.25. The van der Waals surface area contributed by atoms with Gasteiger partial charge >= 0.3 is 0 Å². The van der Waals surface area contributed by atoms with Gasteiger partial charge in [-0.15, -0.1) is 0 Å². The van der Waals surface area contributed by atoms with Crippen LogP contribution in [0, 0.1) is 0 Å². The minimum absolute atomic E-state index is 0.0501. The maximum absolute atomic E-state index is 12.6. The van der Waals surface area contributed by atoms with E-state index < -0.39 is 5.91 Å². The van der Waals surface area contributed by atoms with Crippen LogP contribution in [0.4, 0.5) is 5.69 Å². The normalized spacial score (nSPS) is 15.7. The molecule has 2 aromatic rings. The number of rotatable bonds is 7. The molecule has 1 aromatic heterocycles. The summed E-state index contributed by atoms with van der Waals surface area (Å²) >= 11 is 0. The van der Waals surface area contributed by atoms with Gasteiger partial charge in [-0.05, 0) is 37.1 Å². The van der Waals surface area contributed by atoms with Crippen LogP contribution in [-0.2, 0) is 4.74 Å². The van der Waals surface area contributed by atoms with Gasteiger partial charge in [-0.2, -0.15) is 0 Å². The fourth-order valence-corrected chi connectivity index (χ4v) is 2.91. The second kappa shape index (κ2) is 9.18. The summed E-state index contributed by atoms with van der Waals surface area (Å²) in [6.07, 6.45) is 3.42. The van der Waals surface area contributed by atoms with Gasteiger partial charge in [0.2, 0.25) is 0 Å². The number of nitrogens with one attached hydrogen (secondary N) is 2. The highest BCUT2D eigenvalue weighted by atomic mass is 16.5. The lowest BCUT2D eigenvalue weighted by Crippen LogP contribution is -2.32. The number of hydrogen-bond acceptors (Lipinski definition) is 6. The summed E-state index contributed by atoms with van der Waals surface area (Å²) in [7, 11) is 3.04. The van der Waals surface area contributed by atoms with Crippen molar-refractivity contribution in [3.05, 3.63) is 47.8 Å². The summed E-state index contributed by atoms with van der Waals surface area (Å²) in [5.41, 5.74) is 0.923. The van der Waals surface area contributed by atoms with Gasteiger partial charge in [-0.3, -0.25) is 14.6 Å². The van der Waals surface area contributed by atoms with Crippen molar-refractivity contribution < 1.29 is 23.8 Å². The zero-order valence-electron chi connectivity index (χ0n) is 15.9. The predicted molar refractivity (Wildman–Crippen MR) is 103 cm³/mol. The van der Waals surface area contributed by atoms with Crippen LogP contribution >= 0.6 is 0 Å². The highest BCUT2D eigenvalue weighted by Gasteiger charge is 2.18. The van der Waals surface area contributed by atoms with E-state index in [4.69, 9.17) is 14.2 Å². The molecule has 1 aliphatic rings. The maximum atomic E-state index is 12.6. The van der Waals surface area contributed by atoms with Crippen molar-refractivity contribution in [2.24, 2.45) is 0 Å². The van der Waals surface area contributed by atoms with Crippen molar-refractivity contribution >= 4 is 17.5 Å². The molecule has 1 aromatic carbocycles. The van der Waals surface area contributed by atoms with E-state index in [2.05, 4.69) is 15.6 Å². The number of ether oxygens (including phenoxy) is 3. The fourth-order valence-electron chi connectivity index (χ4n) is 2.91.